The van der Waals surface area contributed by atoms with E-state index in [1.165, 1.54) is 17.7 Å². The van der Waals surface area contributed by atoms with Crippen molar-refractivity contribution in [3.8, 4) is 0 Å². The number of carbonyl (C=O) groups excluding carboxylic acids is 1. The molecule has 1 aliphatic rings. The summed E-state index contributed by atoms with van der Waals surface area (Å²) in [7, 11) is 1.86. The van der Waals surface area contributed by atoms with E-state index in [0.29, 0.717) is 11.5 Å². The fraction of sp³-hybridized carbons (Fsp3) is 0.350. The Morgan fingerprint density at radius 1 is 0.957 bits per heavy atom. The average Bonchev–Trinajstić information content (AvgIpc) is 2.62. The lowest BCUT2D eigenvalue weighted by Gasteiger charge is -2.35. The van der Waals surface area contributed by atoms with Crippen molar-refractivity contribution in [3.63, 3.8) is 0 Å². The fourth-order valence-electron chi connectivity index (χ4n) is 3.48. The molecule has 0 bridgehead atoms. The molecule has 0 heterocycles. The topological polar surface area (TPSA) is 20.3 Å². The summed E-state index contributed by atoms with van der Waals surface area (Å²) < 4.78 is 13.0. The number of halogens is 1. The normalized spacial score (nSPS) is 21.0. The predicted molar refractivity (Wildman–Crippen MR) is 89.9 cm³/mol. The maximum absolute atomic E-state index is 13.0. The first-order valence-electron chi connectivity index (χ1n) is 8.23. The number of hydrogen-bond acceptors (Lipinski definition) is 1. The molecular weight excluding hydrogens is 289 g/mol. The molecule has 0 spiro atoms. The molecule has 0 N–H and O–H groups in total. The summed E-state index contributed by atoms with van der Waals surface area (Å²) in [6, 6.07) is 16.7. The standard InChI is InChI=1S/C20H22FNO/c1-22(20(23)17-7-11-18(21)12-8-17)19-13-9-16(10-14-19)15-5-3-2-4-6-15/h2-8,11-12,16,19H,9-10,13-14H2,1H3. The fourth-order valence-corrected chi connectivity index (χ4v) is 3.48. The van der Waals surface area contributed by atoms with Crippen molar-refractivity contribution in [2.45, 2.75) is 37.6 Å². The number of carbonyl (C=O) groups is 1. The van der Waals surface area contributed by atoms with E-state index in [9.17, 15) is 9.18 Å². The molecule has 0 saturated heterocycles. The van der Waals surface area contributed by atoms with Crippen molar-refractivity contribution in [3.05, 3.63) is 71.5 Å². The van der Waals surface area contributed by atoms with Crippen LogP contribution in [0.2, 0.25) is 0 Å². The van der Waals surface area contributed by atoms with E-state index in [1.54, 1.807) is 12.1 Å². The number of nitrogens with zero attached hydrogens (tertiary/aromatic N) is 1. The molecule has 1 amide bonds. The third-order valence-corrected chi connectivity index (χ3v) is 4.93. The lowest BCUT2D eigenvalue weighted by Crippen LogP contribution is -2.39. The smallest absolute Gasteiger partial charge is 0.253 e. The Balaban J connectivity index is 1.60. The third kappa shape index (κ3) is 3.61. The van der Waals surface area contributed by atoms with Crippen LogP contribution in [0.1, 0.15) is 47.5 Å². The van der Waals surface area contributed by atoms with Gasteiger partial charge in [-0.25, -0.2) is 4.39 Å². The summed E-state index contributed by atoms with van der Waals surface area (Å²) in [5, 5.41) is 0. The van der Waals surface area contributed by atoms with Crippen LogP contribution in [0.4, 0.5) is 4.39 Å². The van der Waals surface area contributed by atoms with Crippen LogP contribution in [-0.4, -0.2) is 23.9 Å². The van der Waals surface area contributed by atoms with Crippen LogP contribution in [0.3, 0.4) is 0 Å². The van der Waals surface area contributed by atoms with E-state index in [-0.39, 0.29) is 17.8 Å². The molecular formula is C20H22FNO. The van der Waals surface area contributed by atoms with Crippen LogP contribution in [0, 0.1) is 5.82 Å². The van der Waals surface area contributed by atoms with Gasteiger partial charge in [-0.2, -0.15) is 0 Å². The zero-order chi connectivity index (χ0) is 16.2. The molecule has 23 heavy (non-hydrogen) atoms. The van der Waals surface area contributed by atoms with Gasteiger partial charge in [-0.1, -0.05) is 30.3 Å². The lowest BCUT2D eigenvalue weighted by molar-refractivity contribution is 0.0689. The Bertz CT molecular complexity index is 645. The zero-order valence-corrected chi connectivity index (χ0v) is 13.4. The van der Waals surface area contributed by atoms with Crippen molar-refractivity contribution in [2.75, 3.05) is 7.05 Å². The molecule has 2 aromatic carbocycles. The Hall–Kier alpha value is -2.16. The van der Waals surface area contributed by atoms with Crippen molar-refractivity contribution in [2.24, 2.45) is 0 Å². The Labute approximate surface area is 136 Å². The van der Waals surface area contributed by atoms with E-state index in [2.05, 4.69) is 24.3 Å². The highest BCUT2D eigenvalue weighted by Gasteiger charge is 2.27. The van der Waals surface area contributed by atoms with Crippen LogP contribution >= 0.6 is 0 Å². The highest BCUT2D eigenvalue weighted by atomic mass is 19.1. The van der Waals surface area contributed by atoms with Gasteiger partial charge in [-0.05, 0) is 61.4 Å². The summed E-state index contributed by atoms with van der Waals surface area (Å²) in [5.74, 6) is 0.266. The molecule has 1 aliphatic carbocycles. The second-order valence-electron chi connectivity index (χ2n) is 6.34. The first-order valence-corrected chi connectivity index (χ1v) is 8.23. The number of rotatable bonds is 3. The molecule has 0 atom stereocenters. The van der Waals surface area contributed by atoms with Crippen molar-refractivity contribution in [1.29, 1.82) is 0 Å². The SMILES string of the molecule is CN(C(=O)c1ccc(F)cc1)C1CCC(c2ccccc2)CC1. The van der Waals surface area contributed by atoms with E-state index < -0.39 is 0 Å². The predicted octanol–water partition coefficient (Wildman–Crippen LogP) is 4.62. The first kappa shape index (κ1) is 15.7. The average molecular weight is 311 g/mol. The molecule has 0 unspecified atom stereocenters. The van der Waals surface area contributed by atoms with Gasteiger partial charge in [0.2, 0.25) is 0 Å². The van der Waals surface area contributed by atoms with Gasteiger partial charge >= 0.3 is 0 Å². The molecule has 120 valence electrons. The molecule has 3 heteroatoms. The third-order valence-electron chi connectivity index (χ3n) is 4.93. The summed E-state index contributed by atoms with van der Waals surface area (Å²) in [6.45, 7) is 0. The molecule has 2 aromatic rings. The highest BCUT2D eigenvalue weighted by molar-refractivity contribution is 5.94. The van der Waals surface area contributed by atoms with Crippen LogP contribution in [-0.2, 0) is 0 Å². The quantitative estimate of drug-likeness (QED) is 0.809. The van der Waals surface area contributed by atoms with Gasteiger partial charge in [-0.15, -0.1) is 0 Å². The molecule has 1 saturated carbocycles. The van der Waals surface area contributed by atoms with Crippen LogP contribution in [0.25, 0.3) is 0 Å². The minimum atomic E-state index is -0.312. The first-order chi connectivity index (χ1) is 11.1. The summed E-state index contributed by atoms with van der Waals surface area (Å²) in [5.41, 5.74) is 1.96. The van der Waals surface area contributed by atoms with Gasteiger partial charge < -0.3 is 4.90 Å². The Morgan fingerprint density at radius 3 is 2.17 bits per heavy atom. The second kappa shape index (κ2) is 6.95. The van der Waals surface area contributed by atoms with Crippen LogP contribution < -0.4 is 0 Å². The zero-order valence-electron chi connectivity index (χ0n) is 13.4. The van der Waals surface area contributed by atoms with Gasteiger partial charge in [0.05, 0.1) is 0 Å². The van der Waals surface area contributed by atoms with Gasteiger partial charge in [0, 0.05) is 18.7 Å². The van der Waals surface area contributed by atoms with Gasteiger partial charge in [0.25, 0.3) is 5.91 Å². The summed E-state index contributed by atoms with van der Waals surface area (Å²) in [6.07, 6.45) is 4.25. The molecule has 0 aliphatic heterocycles. The molecule has 2 nitrogen and oxygen atoms in total. The van der Waals surface area contributed by atoms with Crippen LogP contribution in [0.15, 0.2) is 54.6 Å². The number of amides is 1. The molecule has 3 rings (SSSR count). The van der Waals surface area contributed by atoms with Gasteiger partial charge in [0.15, 0.2) is 0 Å². The van der Waals surface area contributed by atoms with E-state index in [0.717, 1.165) is 25.7 Å². The second-order valence-corrected chi connectivity index (χ2v) is 6.34. The highest BCUT2D eigenvalue weighted by Crippen LogP contribution is 2.34. The largest absolute Gasteiger partial charge is 0.339 e. The van der Waals surface area contributed by atoms with Crippen LogP contribution in [0.5, 0.6) is 0 Å². The molecule has 0 aromatic heterocycles. The lowest BCUT2D eigenvalue weighted by atomic mass is 9.81. The Morgan fingerprint density at radius 2 is 1.57 bits per heavy atom. The van der Waals surface area contributed by atoms with E-state index in [4.69, 9.17) is 0 Å². The number of hydrogen-bond donors (Lipinski definition) is 0. The summed E-state index contributed by atoms with van der Waals surface area (Å²) in [4.78, 5) is 14.3. The number of benzene rings is 2. The minimum Gasteiger partial charge on any atom is -0.339 e. The Kier molecular flexibility index (Phi) is 4.75. The maximum Gasteiger partial charge on any atom is 0.253 e. The van der Waals surface area contributed by atoms with E-state index in [1.807, 2.05) is 18.0 Å². The van der Waals surface area contributed by atoms with Crippen molar-refractivity contribution >= 4 is 5.91 Å². The molecule has 1 fully saturated rings. The van der Waals surface area contributed by atoms with E-state index >= 15 is 0 Å². The minimum absolute atomic E-state index is 0.0202. The van der Waals surface area contributed by atoms with Gasteiger partial charge in [0.1, 0.15) is 5.82 Å². The monoisotopic (exact) mass is 311 g/mol. The van der Waals surface area contributed by atoms with Crippen molar-refractivity contribution in [1.82, 2.24) is 4.90 Å². The van der Waals surface area contributed by atoms with Gasteiger partial charge in [-0.3, -0.25) is 4.79 Å². The van der Waals surface area contributed by atoms with Crippen molar-refractivity contribution < 1.29 is 9.18 Å². The maximum atomic E-state index is 13.0. The molecule has 0 radical (unpaired) electrons. The summed E-state index contributed by atoms with van der Waals surface area (Å²) >= 11 is 0.